The first-order valence-corrected chi connectivity index (χ1v) is 13.1. The smallest absolute Gasteiger partial charge is 0.243 e. The van der Waals surface area contributed by atoms with Gasteiger partial charge in [0.25, 0.3) is 0 Å². The Hall–Kier alpha value is -2.43. The molecule has 0 saturated carbocycles. The molecule has 182 valence electrons. The minimum atomic E-state index is -3.59. The molecule has 1 aliphatic rings. The van der Waals surface area contributed by atoms with Crippen LogP contribution >= 0.6 is 0 Å². The van der Waals surface area contributed by atoms with Gasteiger partial charge in [-0.25, -0.2) is 8.42 Å². The van der Waals surface area contributed by atoms with E-state index in [1.165, 1.54) is 4.31 Å². The number of nitrogens with one attached hydrogen (secondary N) is 1. The number of rotatable bonds is 11. The first kappa shape index (κ1) is 25.2. The lowest BCUT2D eigenvalue weighted by atomic mass is 9.97. The molecule has 2 aromatic rings. The molecular formula is C23H35N5O4S. The number of sulfonamides is 1. The number of hydrogen-bond acceptors (Lipinski definition) is 6. The number of benzene rings is 1. The molecule has 10 heteroatoms. The fraction of sp³-hybridized carbons (Fsp3) is 0.565. The van der Waals surface area contributed by atoms with Crippen LogP contribution in [0.4, 0.5) is 5.69 Å². The molecule has 3 rings (SSSR count). The quantitative estimate of drug-likeness (QED) is 0.535. The summed E-state index contributed by atoms with van der Waals surface area (Å²) < 4.78 is 34.6. The Morgan fingerprint density at radius 3 is 2.42 bits per heavy atom. The first-order chi connectivity index (χ1) is 15.9. The predicted molar refractivity (Wildman–Crippen MR) is 128 cm³/mol. The fourth-order valence-corrected chi connectivity index (χ4v) is 5.43. The lowest BCUT2D eigenvalue weighted by molar-refractivity contribution is -0.120. The zero-order chi connectivity index (χ0) is 23.8. The van der Waals surface area contributed by atoms with Crippen LogP contribution < -0.4 is 10.1 Å². The average molecular weight is 478 g/mol. The Bertz CT molecular complexity index is 994. The molecule has 1 amide bonds. The number of aromatic nitrogens is 2. The van der Waals surface area contributed by atoms with Crippen LogP contribution in [-0.4, -0.2) is 72.6 Å². The van der Waals surface area contributed by atoms with Crippen molar-refractivity contribution in [1.82, 2.24) is 19.0 Å². The first-order valence-electron chi connectivity index (χ1n) is 11.7. The normalized spacial score (nSPS) is 15.6. The van der Waals surface area contributed by atoms with Gasteiger partial charge in [0, 0.05) is 31.7 Å². The van der Waals surface area contributed by atoms with E-state index in [9.17, 15) is 13.2 Å². The van der Waals surface area contributed by atoms with Gasteiger partial charge in [-0.2, -0.15) is 9.40 Å². The molecule has 0 spiro atoms. The van der Waals surface area contributed by atoms with Gasteiger partial charge < -0.3 is 15.0 Å². The largest absolute Gasteiger partial charge is 0.494 e. The van der Waals surface area contributed by atoms with Crippen molar-refractivity contribution in [2.24, 2.45) is 5.92 Å². The van der Waals surface area contributed by atoms with Gasteiger partial charge in [0.2, 0.25) is 15.9 Å². The number of amides is 1. The van der Waals surface area contributed by atoms with Crippen LogP contribution in [0, 0.1) is 5.92 Å². The second-order valence-electron chi connectivity index (χ2n) is 8.09. The number of piperidine rings is 1. The Labute approximate surface area is 196 Å². The van der Waals surface area contributed by atoms with Crippen LogP contribution in [0.25, 0.3) is 0 Å². The topological polar surface area (TPSA) is 96.8 Å². The van der Waals surface area contributed by atoms with Crippen molar-refractivity contribution in [3.8, 4) is 5.75 Å². The number of carbonyl (C=O) groups excluding carboxylic acids is 1. The van der Waals surface area contributed by atoms with Crippen LogP contribution in [0.5, 0.6) is 5.75 Å². The number of nitrogens with zero attached hydrogens (tertiary/aromatic N) is 4. The zero-order valence-corrected chi connectivity index (χ0v) is 20.6. The summed E-state index contributed by atoms with van der Waals surface area (Å²) >= 11 is 0. The second-order valence-corrected chi connectivity index (χ2v) is 10.0. The summed E-state index contributed by atoms with van der Waals surface area (Å²) in [6.07, 6.45) is 4.47. The highest BCUT2D eigenvalue weighted by Crippen LogP contribution is 2.26. The van der Waals surface area contributed by atoms with Crippen molar-refractivity contribution in [3.05, 3.63) is 36.7 Å². The standard InChI is InChI=1S/C23H35N5O4S/c1-4-26(5-2)15-16-27-18-20(17-24-27)25-23(29)19-11-13-28(14-12-19)33(30,31)22-9-7-21(8-10-22)32-6-3/h7-10,17-19H,4-6,11-16H2,1-3H3,(H,25,29). The van der Waals surface area contributed by atoms with Gasteiger partial charge in [-0.1, -0.05) is 13.8 Å². The Morgan fingerprint density at radius 1 is 1.15 bits per heavy atom. The maximum Gasteiger partial charge on any atom is 0.243 e. The third kappa shape index (κ3) is 6.55. The summed E-state index contributed by atoms with van der Waals surface area (Å²) in [5, 5.41) is 7.26. The van der Waals surface area contributed by atoms with E-state index < -0.39 is 10.0 Å². The zero-order valence-electron chi connectivity index (χ0n) is 19.7. The van der Waals surface area contributed by atoms with E-state index in [0.29, 0.717) is 44.0 Å². The summed E-state index contributed by atoms with van der Waals surface area (Å²) in [6.45, 7) is 11.0. The summed E-state index contributed by atoms with van der Waals surface area (Å²) in [7, 11) is -3.59. The van der Waals surface area contributed by atoms with E-state index in [4.69, 9.17) is 4.74 Å². The molecule has 1 aliphatic heterocycles. The molecule has 33 heavy (non-hydrogen) atoms. The Morgan fingerprint density at radius 2 is 1.82 bits per heavy atom. The highest BCUT2D eigenvalue weighted by molar-refractivity contribution is 7.89. The summed E-state index contributed by atoms with van der Waals surface area (Å²) in [6, 6.07) is 6.46. The molecule has 1 saturated heterocycles. The second kappa shape index (κ2) is 11.6. The highest BCUT2D eigenvalue weighted by atomic mass is 32.2. The molecule has 1 aromatic heterocycles. The van der Waals surface area contributed by atoms with Crippen LogP contribution in [0.2, 0.25) is 0 Å². The van der Waals surface area contributed by atoms with Crippen molar-refractivity contribution in [2.45, 2.75) is 45.1 Å². The van der Waals surface area contributed by atoms with E-state index in [1.54, 1.807) is 30.5 Å². The van der Waals surface area contributed by atoms with Crippen molar-refractivity contribution in [3.63, 3.8) is 0 Å². The molecule has 1 N–H and O–H groups in total. The third-order valence-electron chi connectivity index (χ3n) is 6.04. The highest BCUT2D eigenvalue weighted by Gasteiger charge is 2.32. The molecule has 0 aliphatic carbocycles. The number of ether oxygens (including phenoxy) is 1. The number of carbonyl (C=O) groups is 1. The molecule has 0 radical (unpaired) electrons. The molecule has 0 bridgehead atoms. The van der Waals surface area contributed by atoms with E-state index >= 15 is 0 Å². The lowest BCUT2D eigenvalue weighted by Crippen LogP contribution is -2.41. The third-order valence-corrected chi connectivity index (χ3v) is 7.95. The number of likely N-dealkylation sites (N-methyl/N-ethyl adjacent to an activating group) is 1. The van der Waals surface area contributed by atoms with Gasteiger partial charge in [0.15, 0.2) is 0 Å². The van der Waals surface area contributed by atoms with E-state index in [1.807, 2.05) is 17.8 Å². The van der Waals surface area contributed by atoms with Crippen molar-refractivity contribution < 1.29 is 17.9 Å². The molecule has 1 fully saturated rings. The van der Waals surface area contributed by atoms with Crippen molar-refractivity contribution >= 4 is 21.6 Å². The minimum Gasteiger partial charge on any atom is -0.494 e. The molecule has 0 atom stereocenters. The van der Waals surface area contributed by atoms with Crippen LogP contribution in [0.1, 0.15) is 33.6 Å². The van der Waals surface area contributed by atoms with Gasteiger partial charge >= 0.3 is 0 Å². The van der Waals surface area contributed by atoms with E-state index in [2.05, 4.69) is 29.2 Å². The van der Waals surface area contributed by atoms with Gasteiger partial charge in [0.05, 0.1) is 29.9 Å². The van der Waals surface area contributed by atoms with E-state index in [-0.39, 0.29) is 16.7 Å². The van der Waals surface area contributed by atoms with Crippen molar-refractivity contribution in [2.75, 3.05) is 44.6 Å². The van der Waals surface area contributed by atoms with Gasteiger partial charge in [-0.15, -0.1) is 0 Å². The van der Waals surface area contributed by atoms with Crippen LogP contribution in [0.3, 0.4) is 0 Å². The molecule has 9 nitrogen and oxygen atoms in total. The molecular weight excluding hydrogens is 442 g/mol. The van der Waals surface area contributed by atoms with Crippen molar-refractivity contribution in [1.29, 1.82) is 0 Å². The predicted octanol–water partition coefficient (Wildman–Crippen LogP) is 2.66. The average Bonchev–Trinajstić information content (AvgIpc) is 3.27. The summed E-state index contributed by atoms with van der Waals surface area (Å²) in [5.41, 5.74) is 0.670. The van der Waals surface area contributed by atoms with Gasteiger partial charge in [-0.3, -0.25) is 9.48 Å². The maximum absolute atomic E-state index is 12.9. The summed E-state index contributed by atoms with van der Waals surface area (Å²) in [5.74, 6) is 0.329. The Balaban J connectivity index is 1.50. The molecule has 2 heterocycles. The van der Waals surface area contributed by atoms with Crippen LogP contribution in [-0.2, 0) is 21.4 Å². The maximum atomic E-state index is 12.9. The summed E-state index contributed by atoms with van der Waals surface area (Å²) in [4.78, 5) is 15.3. The minimum absolute atomic E-state index is 0.0867. The lowest BCUT2D eigenvalue weighted by Gasteiger charge is -2.30. The fourth-order valence-electron chi connectivity index (χ4n) is 3.96. The van der Waals surface area contributed by atoms with Gasteiger partial charge in [0.1, 0.15) is 5.75 Å². The van der Waals surface area contributed by atoms with Crippen LogP contribution in [0.15, 0.2) is 41.6 Å². The molecule has 1 aromatic carbocycles. The SMILES string of the molecule is CCOc1ccc(S(=O)(=O)N2CCC(C(=O)Nc3cnn(CCN(CC)CC)c3)CC2)cc1. The monoisotopic (exact) mass is 477 g/mol. The molecule has 0 unspecified atom stereocenters. The Kier molecular flexibility index (Phi) is 8.87. The number of hydrogen-bond donors (Lipinski definition) is 1. The van der Waals surface area contributed by atoms with E-state index in [0.717, 1.165) is 26.2 Å². The van der Waals surface area contributed by atoms with Gasteiger partial charge in [-0.05, 0) is 57.1 Å². The number of anilines is 1.